The van der Waals surface area contributed by atoms with E-state index in [4.69, 9.17) is 5.11 Å². The molecule has 1 rings (SSSR count). The molecule has 102 valence electrons. The average Bonchev–Trinajstić information content (AvgIpc) is 2.29. The summed E-state index contributed by atoms with van der Waals surface area (Å²) in [6.07, 6.45) is 1.84. The number of aliphatic hydroxyl groups is 1. The van der Waals surface area contributed by atoms with Crippen molar-refractivity contribution in [2.75, 3.05) is 20.2 Å². The van der Waals surface area contributed by atoms with Gasteiger partial charge >= 0.3 is 0 Å². The summed E-state index contributed by atoms with van der Waals surface area (Å²) < 4.78 is 1.14. The first-order valence-electron chi connectivity index (χ1n) is 6.44. The summed E-state index contributed by atoms with van der Waals surface area (Å²) in [5.41, 5.74) is 2.77. The standard InChI is InChI=1S/C15H24BrNO/c1-12-5-6-14(16)11-13(12)7-9-17(4)15(2,3)8-10-18/h5-6,11,18H,7-10H2,1-4H3. The Labute approximate surface area is 119 Å². The van der Waals surface area contributed by atoms with Gasteiger partial charge in [-0.1, -0.05) is 22.0 Å². The smallest absolute Gasteiger partial charge is 0.0448 e. The summed E-state index contributed by atoms with van der Waals surface area (Å²) in [7, 11) is 2.13. The van der Waals surface area contributed by atoms with E-state index in [0.717, 1.165) is 23.9 Å². The number of aryl methyl sites for hydroxylation is 1. The van der Waals surface area contributed by atoms with Crippen LogP contribution in [0.25, 0.3) is 0 Å². The molecule has 18 heavy (non-hydrogen) atoms. The molecule has 0 saturated carbocycles. The molecular formula is C15H24BrNO. The molecule has 0 radical (unpaired) electrons. The summed E-state index contributed by atoms with van der Waals surface area (Å²) in [6.45, 7) is 7.76. The maximum Gasteiger partial charge on any atom is 0.0448 e. The third-order valence-corrected chi connectivity index (χ3v) is 4.28. The summed E-state index contributed by atoms with van der Waals surface area (Å²) in [5, 5.41) is 9.08. The van der Waals surface area contributed by atoms with E-state index in [1.807, 2.05) is 0 Å². The highest BCUT2D eigenvalue weighted by Gasteiger charge is 2.22. The van der Waals surface area contributed by atoms with Gasteiger partial charge in [0.05, 0.1) is 0 Å². The van der Waals surface area contributed by atoms with Gasteiger partial charge in [-0.2, -0.15) is 0 Å². The number of benzene rings is 1. The van der Waals surface area contributed by atoms with Crippen molar-refractivity contribution >= 4 is 15.9 Å². The van der Waals surface area contributed by atoms with Crippen LogP contribution in [0.15, 0.2) is 22.7 Å². The van der Waals surface area contributed by atoms with Gasteiger partial charge in [-0.15, -0.1) is 0 Å². The van der Waals surface area contributed by atoms with Crippen molar-refractivity contribution in [2.24, 2.45) is 0 Å². The first-order valence-corrected chi connectivity index (χ1v) is 7.23. The molecule has 0 heterocycles. The van der Waals surface area contributed by atoms with E-state index in [9.17, 15) is 0 Å². The maximum atomic E-state index is 9.08. The van der Waals surface area contributed by atoms with Crippen molar-refractivity contribution in [3.63, 3.8) is 0 Å². The minimum Gasteiger partial charge on any atom is -0.396 e. The lowest BCUT2D eigenvalue weighted by atomic mass is 9.98. The predicted octanol–water partition coefficient (Wildman–Crippen LogP) is 3.39. The molecule has 0 bridgehead atoms. The fourth-order valence-electron chi connectivity index (χ4n) is 1.96. The van der Waals surface area contributed by atoms with Crippen molar-refractivity contribution in [3.8, 4) is 0 Å². The molecular weight excluding hydrogens is 290 g/mol. The molecule has 1 aromatic carbocycles. The Morgan fingerprint density at radius 2 is 2.00 bits per heavy atom. The number of rotatable bonds is 6. The number of hydrogen-bond acceptors (Lipinski definition) is 2. The quantitative estimate of drug-likeness (QED) is 0.870. The SMILES string of the molecule is Cc1ccc(Br)cc1CCN(C)C(C)(C)CCO. The lowest BCUT2D eigenvalue weighted by Crippen LogP contribution is -2.42. The highest BCUT2D eigenvalue weighted by molar-refractivity contribution is 9.10. The van der Waals surface area contributed by atoms with Gasteiger partial charge in [-0.3, -0.25) is 0 Å². The zero-order chi connectivity index (χ0) is 13.8. The Morgan fingerprint density at radius 1 is 1.33 bits per heavy atom. The van der Waals surface area contributed by atoms with E-state index < -0.39 is 0 Å². The van der Waals surface area contributed by atoms with Gasteiger partial charge in [-0.05, 0) is 63.9 Å². The van der Waals surface area contributed by atoms with Gasteiger partial charge in [-0.25, -0.2) is 0 Å². The first-order chi connectivity index (χ1) is 8.36. The molecule has 0 aliphatic heterocycles. The number of nitrogens with zero attached hydrogens (tertiary/aromatic N) is 1. The Kier molecular flexibility index (Phi) is 5.83. The largest absolute Gasteiger partial charge is 0.396 e. The maximum absolute atomic E-state index is 9.08. The Hall–Kier alpha value is -0.380. The fraction of sp³-hybridized carbons (Fsp3) is 0.600. The second-order valence-electron chi connectivity index (χ2n) is 5.53. The third-order valence-electron chi connectivity index (χ3n) is 3.78. The van der Waals surface area contributed by atoms with Crippen molar-refractivity contribution in [1.29, 1.82) is 0 Å². The monoisotopic (exact) mass is 313 g/mol. The number of hydrogen-bond donors (Lipinski definition) is 1. The van der Waals surface area contributed by atoms with Crippen LogP contribution in [0.3, 0.4) is 0 Å². The van der Waals surface area contributed by atoms with Crippen LogP contribution in [0.1, 0.15) is 31.4 Å². The van der Waals surface area contributed by atoms with Crippen LogP contribution >= 0.6 is 15.9 Å². The lowest BCUT2D eigenvalue weighted by molar-refractivity contribution is 0.117. The van der Waals surface area contributed by atoms with E-state index in [1.54, 1.807) is 0 Å². The van der Waals surface area contributed by atoms with Gasteiger partial charge < -0.3 is 10.0 Å². The molecule has 1 N–H and O–H groups in total. The van der Waals surface area contributed by atoms with Gasteiger partial charge in [0.2, 0.25) is 0 Å². The van der Waals surface area contributed by atoms with Crippen molar-refractivity contribution in [3.05, 3.63) is 33.8 Å². The van der Waals surface area contributed by atoms with Gasteiger partial charge in [0.15, 0.2) is 0 Å². The van der Waals surface area contributed by atoms with Crippen LogP contribution in [0.5, 0.6) is 0 Å². The number of likely N-dealkylation sites (N-methyl/N-ethyl adjacent to an activating group) is 1. The van der Waals surface area contributed by atoms with Crippen molar-refractivity contribution in [1.82, 2.24) is 4.90 Å². The van der Waals surface area contributed by atoms with Gasteiger partial charge in [0.1, 0.15) is 0 Å². The van der Waals surface area contributed by atoms with Crippen LogP contribution in [-0.4, -0.2) is 35.7 Å². The Bertz CT molecular complexity index is 390. The minimum absolute atomic E-state index is 0.0503. The van der Waals surface area contributed by atoms with Gasteiger partial charge in [0, 0.05) is 23.2 Å². The molecule has 0 atom stereocenters. The topological polar surface area (TPSA) is 23.5 Å². The lowest BCUT2D eigenvalue weighted by Gasteiger charge is -2.35. The van der Waals surface area contributed by atoms with Crippen molar-refractivity contribution in [2.45, 2.75) is 39.2 Å². The molecule has 0 aliphatic carbocycles. The van der Waals surface area contributed by atoms with E-state index in [0.29, 0.717) is 0 Å². The van der Waals surface area contributed by atoms with Gasteiger partial charge in [0.25, 0.3) is 0 Å². The third kappa shape index (κ3) is 4.38. The van der Waals surface area contributed by atoms with E-state index in [-0.39, 0.29) is 12.1 Å². The van der Waals surface area contributed by atoms with Crippen LogP contribution < -0.4 is 0 Å². The minimum atomic E-state index is 0.0503. The normalized spacial score (nSPS) is 12.2. The second-order valence-corrected chi connectivity index (χ2v) is 6.44. The van der Waals surface area contributed by atoms with E-state index in [1.165, 1.54) is 11.1 Å². The zero-order valence-electron chi connectivity index (χ0n) is 11.8. The van der Waals surface area contributed by atoms with Crippen LogP contribution in [0.2, 0.25) is 0 Å². The molecule has 0 aromatic heterocycles. The fourth-order valence-corrected chi connectivity index (χ4v) is 2.37. The molecule has 2 nitrogen and oxygen atoms in total. The zero-order valence-corrected chi connectivity index (χ0v) is 13.4. The van der Waals surface area contributed by atoms with E-state index >= 15 is 0 Å². The summed E-state index contributed by atoms with van der Waals surface area (Å²) in [4.78, 5) is 2.32. The van der Waals surface area contributed by atoms with Crippen LogP contribution in [0, 0.1) is 6.92 Å². The van der Waals surface area contributed by atoms with Crippen LogP contribution in [0.4, 0.5) is 0 Å². The highest BCUT2D eigenvalue weighted by atomic mass is 79.9. The molecule has 1 aromatic rings. The predicted molar refractivity (Wildman–Crippen MR) is 81.0 cm³/mol. The van der Waals surface area contributed by atoms with Crippen LogP contribution in [-0.2, 0) is 6.42 Å². The summed E-state index contributed by atoms with van der Waals surface area (Å²) in [5.74, 6) is 0. The Morgan fingerprint density at radius 3 is 2.61 bits per heavy atom. The summed E-state index contributed by atoms with van der Waals surface area (Å²) >= 11 is 3.52. The molecule has 0 amide bonds. The molecule has 0 spiro atoms. The first kappa shape index (κ1) is 15.7. The molecule has 0 aliphatic rings. The molecule has 0 saturated heterocycles. The number of halogens is 1. The molecule has 0 unspecified atom stereocenters. The second kappa shape index (κ2) is 6.69. The van der Waals surface area contributed by atoms with E-state index in [2.05, 4.69) is 66.8 Å². The number of aliphatic hydroxyl groups excluding tert-OH is 1. The Balaban J connectivity index is 2.62. The highest BCUT2D eigenvalue weighted by Crippen LogP contribution is 2.20. The molecule has 3 heteroatoms. The summed E-state index contributed by atoms with van der Waals surface area (Å²) in [6, 6.07) is 6.43. The van der Waals surface area contributed by atoms with Crippen molar-refractivity contribution < 1.29 is 5.11 Å². The molecule has 0 fully saturated rings. The average molecular weight is 314 g/mol.